The third kappa shape index (κ3) is 71.5. The van der Waals surface area contributed by atoms with Crippen LogP contribution in [-0.2, 0) is 153 Å². The van der Waals surface area contributed by atoms with Gasteiger partial charge in [0.15, 0.2) is 0 Å². The highest BCUT2D eigenvalue weighted by atomic mass is 16.6. The Labute approximate surface area is 841 Å². The fraction of sp³-hybridized carbons (Fsp3) is 0.848. The van der Waals surface area contributed by atoms with Crippen LogP contribution in [0, 0.1) is 5.41 Å². The van der Waals surface area contributed by atoms with Crippen molar-refractivity contribution in [3.63, 3.8) is 0 Å². The summed E-state index contributed by atoms with van der Waals surface area (Å²) in [6.07, 6.45) is -6.77. The first-order valence-corrected chi connectivity index (χ1v) is 49.8. The minimum Gasteiger partial charge on any atom is -0.460 e. The summed E-state index contributed by atoms with van der Waals surface area (Å²) >= 11 is 0. The van der Waals surface area contributed by atoms with Gasteiger partial charge in [0.2, 0.25) is 23.6 Å². The Hall–Kier alpha value is -8.64. The van der Waals surface area contributed by atoms with Gasteiger partial charge in [0.05, 0.1) is 58.3 Å². The second-order valence-electron chi connectivity index (χ2n) is 49.1. The molecule has 0 spiro atoms. The Morgan fingerprint density at radius 1 is 0.149 bits per heavy atom. The molecule has 0 saturated carbocycles. The highest BCUT2D eigenvalue weighted by Gasteiger charge is 2.43. The van der Waals surface area contributed by atoms with Gasteiger partial charge in [0.1, 0.15) is 67.2 Å². The monoisotopic (exact) mass is 2010 g/mol. The first-order chi connectivity index (χ1) is 63.6. The number of ether oxygens (including phenoxy) is 16. The smallest absolute Gasteiger partial charge is 0.306 e. The molecular formula is C105H184N4O32. The van der Waals surface area contributed by atoms with Crippen LogP contribution in [0.2, 0.25) is 0 Å². The molecular weight excluding hydrogens is 1830 g/mol. The molecule has 0 aliphatic rings. The van der Waals surface area contributed by atoms with Gasteiger partial charge in [0, 0.05) is 125 Å². The number of carbonyl (C=O) groups excluding carboxylic acids is 16. The van der Waals surface area contributed by atoms with Crippen LogP contribution in [0.25, 0.3) is 0 Å². The molecule has 36 nitrogen and oxygen atoms in total. The van der Waals surface area contributed by atoms with Gasteiger partial charge in [-0.3, -0.25) is 76.7 Å². The van der Waals surface area contributed by atoms with E-state index in [2.05, 4.69) is 21.3 Å². The van der Waals surface area contributed by atoms with Gasteiger partial charge in [-0.15, -0.1) is 0 Å². The predicted molar refractivity (Wildman–Crippen MR) is 529 cm³/mol. The maximum atomic E-state index is 15.0. The van der Waals surface area contributed by atoms with Crippen LogP contribution in [0.4, 0.5) is 0 Å². The first kappa shape index (κ1) is 132. The molecule has 0 bridgehead atoms. The van der Waals surface area contributed by atoms with E-state index in [1.807, 2.05) is 0 Å². The van der Waals surface area contributed by atoms with E-state index in [1.54, 1.807) is 249 Å². The Kier molecular flexibility index (Phi) is 53.8. The number of esters is 12. The highest BCUT2D eigenvalue weighted by molar-refractivity contribution is 5.81. The number of nitrogens with one attached hydrogen (secondary N) is 4. The molecule has 141 heavy (non-hydrogen) atoms. The molecule has 4 N–H and O–H groups in total. The van der Waals surface area contributed by atoms with Gasteiger partial charge < -0.3 is 97.1 Å². The quantitative estimate of drug-likeness (QED) is 0.0250. The van der Waals surface area contributed by atoms with Crippen molar-refractivity contribution in [2.45, 2.75) is 518 Å². The number of hydrogen-bond acceptors (Lipinski definition) is 32. The maximum Gasteiger partial charge on any atom is 0.306 e. The Morgan fingerprint density at radius 2 is 0.241 bits per heavy atom. The van der Waals surface area contributed by atoms with Crippen molar-refractivity contribution in [3.05, 3.63) is 0 Å². The number of carbonyl (C=O) groups is 16. The largest absolute Gasteiger partial charge is 0.460 e. The standard InChI is InChI=1S/C105H184N4O32/c1-89(2,3)130-77(114)37-53-102(54-38-78(115)131-90(4,5)6,55-39-79(116)132-91(7,8)9)106-73(110)49-65-126-69-101(70-127-66-50-74(111)107-103(56-40-80(117)133-92(10,11)12,57-41-81(118)134-93(13,14)15)58-42-82(119)135-94(16,17)18,71-128-67-51-75(112)108-104(59-43-83(120)136-95(19,20)21,60-44-84(121)137-96(22,23)24)61-45-85(122)138-97(25,26)27)72-129-68-52-76(113)109-105(62-46-86(123)139-98(28,29)30,63-47-87(124)140-99(31,32)33)64-48-88(125)141-100(34,35)36/h37-72H2,1-36H3,(H,106,110)(H,107,111)(H,108,112)(H,109,113). The lowest BCUT2D eigenvalue weighted by Crippen LogP contribution is -2.50. The summed E-state index contributed by atoms with van der Waals surface area (Å²) in [6, 6.07) is 0. The van der Waals surface area contributed by atoms with Gasteiger partial charge in [-0.25, -0.2) is 0 Å². The number of hydrogen-bond donors (Lipinski definition) is 4. The second kappa shape index (κ2) is 57.3. The van der Waals surface area contributed by atoms with Crippen molar-refractivity contribution in [3.8, 4) is 0 Å². The van der Waals surface area contributed by atoms with Crippen LogP contribution in [0.5, 0.6) is 0 Å². The Balaban J connectivity index is 9.38. The third-order valence-electron chi connectivity index (χ3n) is 19.9. The fourth-order valence-electron chi connectivity index (χ4n) is 14.6. The molecule has 0 heterocycles. The van der Waals surface area contributed by atoms with Crippen molar-refractivity contribution in [1.82, 2.24) is 21.3 Å². The van der Waals surface area contributed by atoms with Crippen molar-refractivity contribution in [2.75, 3.05) is 52.9 Å². The molecule has 0 rings (SSSR count). The van der Waals surface area contributed by atoms with Crippen LogP contribution >= 0.6 is 0 Å². The van der Waals surface area contributed by atoms with Crippen molar-refractivity contribution >= 4 is 95.3 Å². The normalized spacial score (nSPS) is 13.1. The molecule has 0 aliphatic heterocycles. The van der Waals surface area contributed by atoms with Crippen LogP contribution < -0.4 is 21.3 Å². The minimum absolute atomic E-state index is 0.134. The van der Waals surface area contributed by atoms with Gasteiger partial charge in [-0.2, -0.15) is 0 Å². The highest BCUT2D eigenvalue weighted by Crippen LogP contribution is 2.36. The van der Waals surface area contributed by atoms with Gasteiger partial charge in [-0.1, -0.05) is 0 Å². The molecule has 0 fully saturated rings. The van der Waals surface area contributed by atoms with Gasteiger partial charge in [0.25, 0.3) is 0 Å². The lowest BCUT2D eigenvalue weighted by Gasteiger charge is -2.36. The van der Waals surface area contributed by atoms with E-state index in [0.717, 1.165) is 0 Å². The molecule has 816 valence electrons. The summed E-state index contributed by atoms with van der Waals surface area (Å²) in [6.45, 7) is 57.1. The molecule has 36 heteroatoms. The zero-order valence-electron chi connectivity index (χ0n) is 93.0. The zero-order valence-corrected chi connectivity index (χ0v) is 93.0. The zero-order chi connectivity index (χ0) is 109. The van der Waals surface area contributed by atoms with Crippen molar-refractivity contribution in [2.24, 2.45) is 5.41 Å². The lowest BCUT2D eigenvalue weighted by atomic mass is 9.83. The maximum absolute atomic E-state index is 15.0. The minimum atomic E-state index is -1.63. The fourth-order valence-corrected chi connectivity index (χ4v) is 14.6. The average molecular weight is 2010 g/mol. The summed E-state index contributed by atoms with van der Waals surface area (Å²) in [7, 11) is 0. The molecule has 4 amide bonds. The molecule has 0 saturated heterocycles. The summed E-state index contributed by atoms with van der Waals surface area (Å²) in [5.74, 6) is -10.4. The van der Waals surface area contributed by atoms with Gasteiger partial charge >= 0.3 is 71.6 Å². The molecule has 0 aliphatic carbocycles. The molecule has 0 aromatic heterocycles. The van der Waals surface area contributed by atoms with E-state index < -0.39 is 269 Å². The van der Waals surface area contributed by atoms with E-state index >= 15 is 0 Å². The SMILES string of the molecule is CC(C)(C)OC(=O)CCC(CCC(=O)OC(C)(C)C)(CCC(=O)OC(C)(C)C)NC(=O)CCOCC(COCCC(=O)NC(CCC(=O)OC(C)(C)C)(CCC(=O)OC(C)(C)C)CCC(=O)OC(C)(C)C)(COCCC(=O)NC(CCC(=O)OC(C)(C)C)(CCC(=O)OC(C)(C)C)CCC(=O)OC(C)(C)C)COCCC(=O)NC(CCC(=O)OC(C)(C)C)(CCC(=O)OC(C)(C)C)CCC(=O)OC(C)(C)C. The van der Waals surface area contributed by atoms with Crippen LogP contribution in [-0.4, -0.2) is 237 Å². The molecule has 0 atom stereocenters. The van der Waals surface area contributed by atoms with E-state index in [1.165, 1.54) is 0 Å². The lowest BCUT2D eigenvalue weighted by molar-refractivity contribution is -0.158. The van der Waals surface area contributed by atoms with E-state index in [-0.39, 0.29) is 154 Å². The van der Waals surface area contributed by atoms with E-state index in [9.17, 15) is 76.7 Å². The van der Waals surface area contributed by atoms with Crippen molar-refractivity contribution < 1.29 is 153 Å². The average Bonchev–Trinajstić information content (AvgIpc) is 0.841. The Bertz CT molecular complexity index is 3180. The van der Waals surface area contributed by atoms with E-state index in [4.69, 9.17) is 75.8 Å². The molecule has 0 aromatic carbocycles. The summed E-state index contributed by atoms with van der Waals surface area (Å²) in [5, 5.41) is 12.2. The van der Waals surface area contributed by atoms with Crippen LogP contribution in [0.1, 0.15) is 429 Å². The Morgan fingerprint density at radius 3 is 0.326 bits per heavy atom. The molecule has 0 radical (unpaired) electrons. The van der Waals surface area contributed by atoms with Crippen LogP contribution in [0.3, 0.4) is 0 Å². The van der Waals surface area contributed by atoms with Crippen LogP contribution in [0.15, 0.2) is 0 Å². The predicted octanol–water partition coefficient (Wildman–Crippen LogP) is 16.5. The third-order valence-corrected chi connectivity index (χ3v) is 19.9. The summed E-state index contributed by atoms with van der Waals surface area (Å²) < 4.78 is 94.8. The molecule has 0 aromatic rings. The van der Waals surface area contributed by atoms with Crippen molar-refractivity contribution in [1.29, 1.82) is 0 Å². The summed E-state index contributed by atoms with van der Waals surface area (Å²) in [4.78, 5) is 224. The first-order valence-electron chi connectivity index (χ1n) is 49.8. The van der Waals surface area contributed by atoms with E-state index in [0.29, 0.717) is 0 Å². The number of amides is 4. The number of rotatable bonds is 60. The van der Waals surface area contributed by atoms with Gasteiger partial charge in [-0.05, 0) is 326 Å². The topological polar surface area (TPSA) is 469 Å². The summed E-state index contributed by atoms with van der Waals surface area (Å²) in [5.41, 5.74) is -18.7. The molecule has 0 unspecified atom stereocenters. The second-order valence-corrected chi connectivity index (χ2v) is 49.1.